The van der Waals surface area contributed by atoms with Gasteiger partial charge in [-0.05, 0) is 24.3 Å². The molecular weight excluding hydrogens is 422 g/mol. The highest BCUT2D eigenvalue weighted by Crippen LogP contribution is 2.20. The fraction of sp³-hybridized carbons (Fsp3) is 0.450. The van der Waals surface area contributed by atoms with E-state index in [1.807, 2.05) is 45.6 Å². The number of anilines is 2. The van der Waals surface area contributed by atoms with E-state index in [4.69, 9.17) is 17.3 Å². The van der Waals surface area contributed by atoms with Crippen LogP contribution in [0.5, 0.6) is 0 Å². The summed E-state index contributed by atoms with van der Waals surface area (Å²) in [5.74, 6) is 0.470. The zero-order chi connectivity index (χ0) is 20.9. The number of nitrogens with zero attached hydrogens (tertiary/aromatic N) is 6. The number of hydrogen-bond acceptors (Lipinski definition) is 6. The molecule has 0 spiro atoms. The number of hydrogen-bond donors (Lipinski definition) is 1. The molecule has 0 radical (unpaired) electrons. The van der Waals surface area contributed by atoms with Gasteiger partial charge in [0.2, 0.25) is 5.91 Å². The van der Waals surface area contributed by atoms with Gasteiger partial charge in [-0.2, -0.15) is 0 Å². The van der Waals surface area contributed by atoms with Gasteiger partial charge in [-0.25, -0.2) is 9.98 Å². The van der Waals surface area contributed by atoms with Crippen molar-refractivity contribution in [3.63, 3.8) is 0 Å². The second-order valence-corrected chi connectivity index (χ2v) is 8.62. The third-order valence-corrected chi connectivity index (χ3v) is 6.58. The van der Waals surface area contributed by atoms with Gasteiger partial charge in [-0.15, -0.1) is 11.3 Å². The predicted octanol–water partition coefficient (Wildman–Crippen LogP) is 1.58. The number of rotatable bonds is 4. The van der Waals surface area contributed by atoms with Crippen molar-refractivity contribution in [1.29, 1.82) is 0 Å². The van der Waals surface area contributed by atoms with Crippen molar-refractivity contribution in [1.82, 2.24) is 14.8 Å². The smallest absolute Gasteiger partial charge is 0.244 e. The molecule has 0 atom stereocenters. The Labute approximate surface area is 185 Å². The molecule has 2 aliphatic heterocycles. The molecule has 2 aromatic rings. The van der Waals surface area contributed by atoms with E-state index >= 15 is 0 Å². The molecule has 2 saturated heterocycles. The van der Waals surface area contributed by atoms with Gasteiger partial charge < -0.3 is 25.3 Å². The molecule has 30 heavy (non-hydrogen) atoms. The minimum absolute atomic E-state index is 0.0233. The van der Waals surface area contributed by atoms with Gasteiger partial charge in [0, 0.05) is 74.6 Å². The fourth-order valence-electron chi connectivity index (χ4n) is 3.71. The zero-order valence-corrected chi connectivity index (χ0v) is 18.4. The van der Waals surface area contributed by atoms with Crippen LogP contribution in [0, 0.1) is 0 Å². The summed E-state index contributed by atoms with van der Waals surface area (Å²) in [6.07, 6.45) is 1.82. The minimum atomic E-state index is 0.0233. The molecule has 0 aliphatic carbocycles. The lowest BCUT2D eigenvalue weighted by Crippen LogP contribution is -2.52. The van der Waals surface area contributed by atoms with Crippen molar-refractivity contribution in [2.75, 3.05) is 68.7 Å². The third-order valence-electron chi connectivity index (χ3n) is 5.49. The Morgan fingerprint density at radius 3 is 2.27 bits per heavy atom. The van der Waals surface area contributed by atoms with E-state index in [1.54, 1.807) is 11.3 Å². The van der Waals surface area contributed by atoms with E-state index in [1.165, 1.54) is 0 Å². The summed E-state index contributed by atoms with van der Waals surface area (Å²) in [6.45, 7) is 6.32. The van der Waals surface area contributed by atoms with Gasteiger partial charge in [0.15, 0.2) is 11.1 Å². The third kappa shape index (κ3) is 4.96. The van der Waals surface area contributed by atoms with Crippen molar-refractivity contribution in [3.8, 4) is 0 Å². The van der Waals surface area contributed by atoms with Crippen molar-refractivity contribution < 1.29 is 4.79 Å². The lowest BCUT2D eigenvalue weighted by atomic mass is 10.2. The summed E-state index contributed by atoms with van der Waals surface area (Å²) in [4.78, 5) is 29.7. The van der Waals surface area contributed by atoms with Gasteiger partial charge in [0.25, 0.3) is 0 Å². The first-order valence-electron chi connectivity index (χ1n) is 10.1. The van der Waals surface area contributed by atoms with Crippen molar-refractivity contribution >= 4 is 45.6 Å². The number of aromatic nitrogens is 1. The minimum Gasteiger partial charge on any atom is -0.370 e. The molecule has 0 unspecified atom stereocenters. The molecular formula is C20H26ClN7OS. The first-order valence-corrected chi connectivity index (χ1v) is 11.3. The Balaban J connectivity index is 1.22. The second-order valence-electron chi connectivity index (χ2n) is 7.31. The number of carbonyl (C=O) groups excluding carboxylic acids is 1. The molecule has 10 heteroatoms. The van der Waals surface area contributed by atoms with Crippen molar-refractivity contribution in [2.24, 2.45) is 10.7 Å². The summed E-state index contributed by atoms with van der Waals surface area (Å²) in [7, 11) is 0. The summed E-state index contributed by atoms with van der Waals surface area (Å²) >= 11 is 7.60. The number of carbonyl (C=O) groups is 1. The zero-order valence-electron chi connectivity index (χ0n) is 16.8. The topological polar surface area (TPSA) is 81.3 Å². The van der Waals surface area contributed by atoms with Gasteiger partial charge in [-0.1, -0.05) is 11.6 Å². The molecule has 160 valence electrons. The van der Waals surface area contributed by atoms with Crippen LogP contribution in [0.3, 0.4) is 0 Å². The SMILES string of the molecule is NC(=NCC(=O)N1CCN(c2ccc(Cl)cc2)CC1)N1CCN(c2nccs2)CC1. The van der Waals surface area contributed by atoms with Crippen molar-refractivity contribution in [3.05, 3.63) is 40.9 Å². The maximum absolute atomic E-state index is 12.6. The normalized spacial score (nSPS) is 18.1. The van der Waals surface area contributed by atoms with E-state index in [-0.39, 0.29) is 12.5 Å². The van der Waals surface area contributed by atoms with E-state index in [9.17, 15) is 4.79 Å². The number of amides is 1. The standard InChI is InChI=1S/C20H26ClN7OS/c21-16-1-3-17(4-2-16)25-6-8-26(9-7-25)18(29)15-24-19(22)27-10-12-28(13-11-27)20-23-5-14-30-20/h1-5,14H,6-13,15H2,(H2,22,24). The molecule has 8 nitrogen and oxygen atoms in total. The molecule has 2 N–H and O–H groups in total. The Morgan fingerprint density at radius 1 is 1.00 bits per heavy atom. The monoisotopic (exact) mass is 447 g/mol. The number of nitrogens with two attached hydrogens (primary N) is 1. The molecule has 1 aromatic heterocycles. The van der Waals surface area contributed by atoms with Crippen LogP contribution in [0.25, 0.3) is 0 Å². The van der Waals surface area contributed by atoms with Crippen LogP contribution in [0.4, 0.5) is 10.8 Å². The van der Waals surface area contributed by atoms with Crippen molar-refractivity contribution in [2.45, 2.75) is 0 Å². The number of thiazole rings is 1. The van der Waals surface area contributed by atoms with Gasteiger partial charge in [-0.3, -0.25) is 4.79 Å². The molecule has 4 rings (SSSR count). The van der Waals surface area contributed by atoms with Crippen LogP contribution in [-0.2, 0) is 4.79 Å². The summed E-state index contributed by atoms with van der Waals surface area (Å²) in [5.41, 5.74) is 7.29. The van der Waals surface area contributed by atoms with Gasteiger partial charge in [0.05, 0.1) is 0 Å². The van der Waals surface area contributed by atoms with Gasteiger partial charge in [0.1, 0.15) is 6.54 Å². The van der Waals surface area contributed by atoms with Gasteiger partial charge >= 0.3 is 0 Å². The maximum Gasteiger partial charge on any atom is 0.244 e. The van der Waals surface area contributed by atoms with E-state index in [0.29, 0.717) is 19.0 Å². The number of guanidine groups is 1. The van der Waals surface area contributed by atoms with Crippen LogP contribution < -0.4 is 15.5 Å². The number of piperazine rings is 2. The average molecular weight is 448 g/mol. The molecule has 2 fully saturated rings. The summed E-state index contributed by atoms with van der Waals surface area (Å²) in [6, 6.07) is 7.81. The van der Waals surface area contributed by atoms with Crippen LogP contribution in [0.2, 0.25) is 5.02 Å². The second kappa shape index (κ2) is 9.53. The Bertz CT molecular complexity index is 858. The van der Waals surface area contributed by atoms with Crippen LogP contribution >= 0.6 is 22.9 Å². The Morgan fingerprint density at radius 2 is 1.63 bits per heavy atom. The molecule has 1 amide bonds. The first kappa shape index (κ1) is 20.7. The molecule has 2 aliphatic rings. The average Bonchev–Trinajstić information content (AvgIpc) is 3.33. The molecule has 3 heterocycles. The largest absolute Gasteiger partial charge is 0.370 e. The number of aliphatic imine (C=N–C) groups is 1. The number of benzene rings is 1. The van der Waals surface area contributed by atoms with E-state index in [2.05, 4.69) is 19.8 Å². The van der Waals surface area contributed by atoms with Crippen LogP contribution in [0.15, 0.2) is 40.8 Å². The lowest BCUT2D eigenvalue weighted by Gasteiger charge is -2.36. The summed E-state index contributed by atoms with van der Waals surface area (Å²) in [5, 5.41) is 3.75. The quantitative estimate of drug-likeness (QED) is 0.566. The molecule has 1 aromatic carbocycles. The lowest BCUT2D eigenvalue weighted by molar-refractivity contribution is -0.129. The maximum atomic E-state index is 12.6. The van der Waals surface area contributed by atoms with Crippen LogP contribution in [0.1, 0.15) is 0 Å². The highest BCUT2D eigenvalue weighted by Gasteiger charge is 2.23. The number of halogens is 1. The summed E-state index contributed by atoms with van der Waals surface area (Å²) < 4.78 is 0. The molecule has 0 bridgehead atoms. The first-order chi connectivity index (χ1) is 14.6. The Kier molecular flexibility index (Phi) is 6.59. The Hall–Kier alpha value is -2.52. The molecule has 0 saturated carbocycles. The highest BCUT2D eigenvalue weighted by molar-refractivity contribution is 7.13. The highest BCUT2D eigenvalue weighted by atomic mass is 35.5. The fourth-order valence-corrected chi connectivity index (χ4v) is 4.54. The van der Waals surface area contributed by atoms with Crippen LogP contribution in [-0.4, -0.2) is 85.6 Å². The van der Waals surface area contributed by atoms with E-state index in [0.717, 1.165) is 55.1 Å². The predicted molar refractivity (Wildman–Crippen MR) is 123 cm³/mol. The van der Waals surface area contributed by atoms with E-state index < -0.39 is 0 Å².